The number of hydrogen-bond acceptors (Lipinski definition) is 4. The second kappa shape index (κ2) is 4.55. The van der Waals surface area contributed by atoms with Gasteiger partial charge >= 0.3 is 0 Å². The van der Waals surface area contributed by atoms with Crippen LogP contribution in [0.4, 0.5) is 0 Å². The molecule has 1 unspecified atom stereocenters. The fourth-order valence-corrected chi connectivity index (χ4v) is 3.87. The standard InChI is InChI=1S/C10H17N3O2S/c1-8-12-6-10(13-8)5-11-4-9-2-3-16(14,15)7-9/h6,9,11H,2-5,7H2,1H3,(H,12,13). The third-order valence-electron chi connectivity index (χ3n) is 2.83. The maximum absolute atomic E-state index is 11.2. The summed E-state index contributed by atoms with van der Waals surface area (Å²) in [5, 5.41) is 3.26. The topological polar surface area (TPSA) is 74.8 Å². The number of aromatic amines is 1. The van der Waals surface area contributed by atoms with Crippen molar-refractivity contribution < 1.29 is 8.42 Å². The van der Waals surface area contributed by atoms with Crippen molar-refractivity contribution in [2.24, 2.45) is 5.92 Å². The molecule has 2 heterocycles. The summed E-state index contributed by atoms with van der Waals surface area (Å²) >= 11 is 0. The summed E-state index contributed by atoms with van der Waals surface area (Å²) in [5.41, 5.74) is 1.04. The lowest BCUT2D eigenvalue weighted by atomic mass is 10.1. The van der Waals surface area contributed by atoms with Crippen LogP contribution >= 0.6 is 0 Å². The van der Waals surface area contributed by atoms with Crippen molar-refractivity contribution in [2.75, 3.05) is 18.1 Å². The van der Waals surface area contributed by atoms with E-state index in [2.05, 4.69) is 15.3 Å². The molecular formula is C10H17N3O2S. The number of sulfone groups is 1. The fraction of sp³-hybridized carbons (Fsp3) is 0.700. The minimum absolute atomic E-state index is 0.272. The van der Waals surface area contributed by atoms with Crippen LogP contribution in [-0.2, 0) is 16.4 Å². The van der Waals surface area contributed by atoms with E-state index in [0.29, 0.717) is 11.5 Å². The van der Waals surface area contributed by atoms with E-state index in [1.54, 1.807) is 6.20 Å². The lowest BCUT2D eigenvalue weighted by Gasteiger charge is -2.08. The zero-order chi connectivity index (χ0) is 11.6. The Morgan fingerprint density at radius 2 is 2.44 bits per heavy atom. The van der Waals surface area contributed by atoms with Crippen molar-refractivity contribution in [3.63, 3.8) is 0 Å². The maximum atomic E-state index is 11.2. The first-order valence-corrected chi connectivity index (χ1v) is 7.29. The molecule has 1 aromatic heterocycles. The molecular weight excluding hydrogens is 226 g/mol. The number of rotatable bonds is 4. The summed E-state index contributed by atoms with van der Waals surface area (Å²) < 4.78 is 22.5. The first-order valence-electron chi connectivity index (χ1n) is 5.47. The van der Waals surface area contributed by atoms with Crippen molar-refractivity contribution in [2.45, 2.75) is 19.9 Å². The molecule has 0 spiro atoms. The Kier molecular flexibility index (Phi) is 3.30. The summed E-state index contributed by atoms with van der Waals surface area (Å²) in [7, 11) is -2.75. The van der Waals surface area contributed by atoms with Gasteiger partial charge in [0.1, 0.15) is 5.82 Å². The summed E-state index contributed by atoms with van der Waals surface area (Å²) in [5.74, 6) is 1.86. The fourth-order valence-electron chi connectivity index (χ4n) is 2.01. The van der Waals surface area contributed by atoms with E-state index in [9.17, 15) is 8.42 Å². The third-order valence-corrected chi connectivity index (χ3v) is 4.67. The lowest BCUT2D eigenvalue weighted by Crippen LogP contribution is -2.23. The van der Waals surface area contributed by atoms with Crippen molar-refractivity contribution in [1.82, 2.24) is 15.3 Å². The number of nitrogens with zero attached hydrogens (tertiary/aromatic N) is 1. The van der Waals surface area contributed by atoms with Gasteiger partial charge in [0, 0.05) is 18.4 Å². The van der Waals surface area contributed by atoms with Gasteiger partial charge < -0.3 is 10.3 Å². The molecule has 6 heteroatoms. The van der Waals surface area contributed by atoms with Crippen molar-refractivity contribution in [3.05, 3.63) is 17.7 Å². The zero-order valence-corrected chi connectivity index (χ0v) is 10.2. The average molecular weight is 243 g/mol. The monoisotopic (exact) mass is 243 g/mol. The molecule has 90 valence electrons. The highest BCUT2D eigenvalue weighted by Gasteiger charge is 2.27. The Morgan fingerprint density at radius 3 is 3.00 bits per heavy atom. The van der Waals surface area contributed by atoms with Gasteiger partial charge in [-0.05, 0) is 25.8 Å². The Hall–Kier alpha value is -0.880. The third kappa shape index (κ3) is 3.05. The number of H-pyrrole nitrogens is 1. The molecule has 1 aromatic rings. The smallest absolute Gasteiger partial charge is 0.150 e. The normalized spacial score (nSPS) is 23.7. The van der Waals surface area contributed by atoms with Crippen LogP contribution in [0.3, 0.4) is 0 Å². The Labute approximate surface area is 95.6 Å². The molecule has 0 amide bonds. The van der Waals surface area contributed by atoms with E-state index in [1.807, 2.05) is 6.92 Å². The minimum atomic E-state index is -2.75. The zero-order valence-electron chi connectivity index (χ0n) is 9.36. The summed E-state index contributed by atoms with van der Waals surface area (Å²) in [6, 6.07) is 0. The van der Waals surface area contributed by atoms with Crippen LogP contribution in [0.25, 0.3) is 0 Å². The Bertz CT molecular complexity index is 452. The van der Waals surface area contributed by atoms with Gasteiger partial charge in [0.25, 0.3) is 0 Å². The molecule has 1 aliphatic rings. The van der Waals surface area contributed by atoms with Gasteiger partial charge in [0.15, 0.2) is 9.84 Å². The number of aryl methyl sites for hydroxylation is 1. The molecule has 1 aliphatic heterocycles. The Morgan fingerprint density at radius 1 is 1.62 bits per heavy atom. The van der Waals surface area contributed by atoms with Crippen LogP contribution < -0.4 is 5.32 Å². The van der Waals surface area contributed by atoms with E-state index in [4.69, 9.17) is 0 Å². The maximum Gasteiger partial charge on any atom is 0.150 e. The largest absolute Gasteiger partial charge is 0.345 e. The minimum Gasteiger partial charge on any atom is -0.345 e. The van der Waals surface area contributed by atoms with Crippen LogP contribution in [-0.4, -0.2) is 36.4 Å². The Balaban J connectivity index is 1.73. The van der Waals surface area contributed by atoms with Crippen LogP contribution in [0.2, 0.25) is 0 Å². The van der Waals surface area contributed by atoms with Gasteiger partial charge in [-0.2, -0.15) is 0 Å². The van der Waals surface area contributed by atoms with Gasteiger partial charge in [-0.15, -0.1) is 0 Å². The van der Waals surface area contributed by atoms with Crippen LogP contribution in [0.5, 0.6) is 0 Å². The van der Waals surface area contributed by atoms with Crippen molar-refractivity contribution in [3.8, 4) is 0 Å². The van der Waals surface area contributed by atoms with Crippen LogP contribution in [0.15, 0.2) is 6.20 Å². The molecule has 0 radical (unpaired) electrons. The van der Waals surface area contributed by atoms with Gasteiger partial charge in [0.2, 0.25) is 0 Å². The van der Waals surface area contributed by atoms with Gasteiger partial charge in [-0.25, -0.2) is 13.4 Å². The van der Waals surface area contributed by atoms with E-state index in [0.717, 1.165) is 31.0 Å². The van der Waals surface area contributed by atoms with E-state index in [-0.39, 0.29) is 5.92 Å². The molecule has 1 fully saturated rings. The second-order valence-electron chi connectivity index (χ2n) is 4.39. The molecule has 0 bridgehead atoms. The van der Waals surface area contributed by atoms with Gasteiger partial charge in [-0.3, -0.25) is 0 Å². The first kappa shape index (κ1) is 11.6. The molecule has 1 atom stereocenters. The highest BCUT2D eigenvalue weighted by Crippen LogP contribution is 2.17. The predicted octanol–water partition coefficient (Wildman–Crippen LogP) is 0.242. The summed E-state index contributed by atoms with van der Waals surface area (Å²) in [6.07, 6.45) is 2.59. The van der Waals surface area contributed by atoms with E-state index in [1.165, 1.54) is 0 Å². The van der Waals surface area contributed by atoms with Gasteiger partial charge in [0.05, 0.1) is 11.5 Å². The molecule has 0 aliphatic carbocycles. The van der Waals surface area contributed by atoms with E-state index >= 15 is 0 Å². The molecule has 2 rings (SSSR count). The highest BCUT2D eigenvalue weighted by atomic mass is 32.2. The number of aromatic nitrogens is 2. The molecule has 2 N–H and O–H groups in total. The van der Waals surface area contributed by atoms with Gasteiger partial charge in [-0.1, -0.05) is 0 Å². The first-order chi connectivity index (χ1) is 7.55. The molecule has 1 saturated heterocycles. The molecule has 5 nitrogen and oxygen atoms in total. The second-order valence-corrected chi connectivity index (χ2v) is 6.62. The van der Waals surface area contributed by atoms with Crippen molar-refractivity contribution >= 4 is 9.84 Å². The molecule has 0 aromatic carbocycles. The average Bonchev–Trinajstić information content (AvgIpc) is 2.73. The SMILES string of the molecule is Cc1ncc(CNCC2CCS(=O)(=O)C2)[nH]1. The number of nitrogens with one attached hydrogen (secondary N) is 2. The molecule has 16 heavy (non-hydrogen) atoms. The van der Waals surface area contributed by atoms with Crippen molar-refractivity contribution in [1.29, 1.82) is 0 Å². The van der Waals surface area contributed by atoms with Crippen LogP contribution in [0, 0.1) is 12.8 Å². The quantitative estimate of drug-likeness (QED) is 0.794. The van der Waals surface area contributed by atoms with Crippen LogP contribution in [0.1, 0.15) is 17.9 Å². The predicted molar refractivity (Wildman–Crippen MR) is 61.8 cm³/mol. The number of imidazole rings is 1. The summed E-state index contributed by atoms with van der Waals surface area (Å²) in [6.45, 7) is 3.39. The lowest BCUT2D eigenvalue weighted by molar-refractivity contribution is 0.518. The van der Waals surface area contributed by atoms with E-state index < -0.39 is 9.84 Å². The summed E-state index contributed by atoms with van der Waals surface area (Å²) in [4.78, 5) is 7.22. The highest BCUT2D eigenvalue weighted by molar-refractivity contribution is 7.91. The number of hydrogen-bond donors (Lipinski definition) is 2. The molecule has 0 saturated carbocycles.